The normalized spacial score (nSPS) is 14.6. The van der Waals surface area contributed by atoms with Gasteiger partial charge in [-0.25, -0.2) is 0 Å². The van der Waals surface area contributed by atoms with Crippen LogP contribution in [0, 0.1) is 17.9 Å². The predicted octanol–water partition coefficient (Wildman–Crippen LogP) is 7.26. The van der Waals surface area contributed by atoms with Gasteiger partial charge in [-0.1, -0.05) is 55.5 Å². The molecule has 9 heteroatoms. The number of phenols is 2. The van der Waals surface area contributed by atoms with Crippen LogP contribution in [0.3, 0.4) is 0 Å². The van der Waals surface area contributed by atoms with E-state index in [9.17, 15) is 25.2 Å². The van der Waals surface area contributed by atoms with Gasteiger partial charge in [0.15, 0.2) is 29.2 Å². The number of aliphatic hydroxyl groups excluding tert-OH is 2. The number of aromatic hydroxyl groups is 2. The number of aromatic nitrogens is 1. The number of H-pyrrole nitrogens is 1. The van der Waals surface area contributed by atoms with Crippen molar-refractivity contribution in [1.82, 2.24) is 4.98 Å². The van der Waals surface area contributed by atoms with Gasteiger partial charge in [0.05, 0.1) is 38.4 Å². The fourth-order valence-corrected chi connectivity index (χ4v) is 7.85. The van der Waals surface area contributed by atoms with Gasteiger partial charge in [-0.3, -0.25) is 4.79 Å². The topological polar surface area (TPSA) is 145 Å². The summed E-state index contributed by atoms with van der Waals surface area (Å²) in [5.41, 5.74) is 5.27. The minimum atomic E-state index is -1.28. The molecule has 0 bridgehead atoms. The second kappa shape index (κ2) is 17.1. The van der Waals surface area contributed by atoms with Crippen molar-refractivity contribution in [2.24, 2.45) is 16.3 Å². The van der Waals surface area contributed by atoms with Crippen LogP contribution in [0.5, 0.6) is 23.0 Å². The Balaban J connectivity index is 1.36. The summed E-state index contributed by atoms with van der Waals surface area (Å²) in [5, 5.41) is 46.7. The number of Topliss-reactive ketones (excluding diaryl/α,β-unsaturated/α-hetero) is 1. The quantitative estimate of drug-likeness (QED) is 0.0598. The third-order valence-electron chi connectivity index (χ3n) is 10.8. The summed E-state index contributed by atoms with van der Waals surface area (Å²) in [7, 11) is 3.01. The Morgan fingerprint density at radius 3 is 2.41 bits per heavy atom. The molecule has 0 amide bonds. The summed E-state index contributed by atoms with van der Waals surface area (Å²) < 4.78 is 11.2. The monoisotopic (exact) mass is 729 g/mol. The van der Waals surface area contributed by atoms with E-state index in [1.807, 2.05) is 42.7 Å². The lowest BCUT2D eigenvalue weighted by molar-refractivity contribution is -0.134. The second-order valence-corrected chi connectivity index (χ2v) is 14.3. The lowest BCUT2D eigenvalue weighted by atomic mass is 9.71. The molecule has 54 heavy (non-hydrogen) atoms. The van der Waals surface area contributed by atoms with E-state index in [0.29, 0.717) is 30.6 Å². The molecule has 1 aromatic heterocycles. The minimum Gasteiger partial charge on any atom is -0.504 e. The maximum atomic E-state index is 14.6. The van der Waals surface area contributed by atoms with Crippen LogP contribution in [-0.2, 0) is 36.9 Å². The molecular weight excluding hydrogens is 681 g/mol. The number of methoxy groups -OCH3 is 2. The number of carbonyl (C=O) groups is 1. The Labute approximate surface area is 316 Å². The van der Waals surface area contributed by atoms with Crippen molar-refractivity contribution in [2.75, 3.05) is 20.8 Å². The number of rotatable bonds is 18. The van der Waals surface area contributed by atoms with Gasteiger partial charge >= 0.3 is 0 Å². The van der Waals surface area contributed by atoms with Gasteiger partial charge in [-0.2, -0.15) is 0 Å². The molecule has 0 aliphatic carbocycles. The number of carbonyl (C=O) groups excluding carboxylic acids is 1. The van der Waals surface area contributed by atoms with E-state index < -0.39 is 24.0 Å². The predicted molar refractivity (Wildman–Crippen MR) is 211 cm³/mol. The highest BCUT2D eigenvalue weighted by Gasteiger charge is 2.42. The first kappa shape index (κ1) is 38.2. The van der Waals surface area contributed by atoms with E-state index >= 15 is 0 Å². The maximum Gasteiger partial charge on any atom is 0.176 e. The van der Waals surface area contributed by atoms with E-state index in [4.69, 9.17) is 9.47 Å². The fraction of sp³-hybridized carbons (Fsp3) is 0.311. The number of allylic oxidation sites excluding steroid dienone is 1. The number of ketones is 1. The summed E-state index contributed by atoms with van der Waals surface area (Å²) in [6, 6.07) is 22.9. The van der Waals surface area contributed by atoms with E-state index in [1.165, 1.54) is 18.7 Å². The summed E-state index contributed by atoms with van der Waals surface area (Å²) in [4.78, 5) is 21.9. The van der Waals surface area contributed by atoms with E-state index in [0.717, 1.165) is 45.0 Å². The molecule has 9 nitrogen and oxygen atoms in total. The molecule has 4 aromatic carbocycles. The lowest BCUT2D eigenvalue weighted by Gasteiger charge is -2.32. The van der Waals surface area contributed by atoms with Crippen molar-refractivity contribution in [2.45, 2.75) is 58.0 Å². The van der Waals surface area contributed by atoms with Crippen LogP contribution in [0.2, 0.25) is 0 Å². The summed E-state index contributed by atoms with van der Waals surface area (Å²) in [5.74, 6) is -0.0307. The Bertz CT molecular complexity index is 2140. The van der Waals surface area contributed by atoms with Gasteiger partial charge < -0.3 is 34.9 Å². The van der Waals surface area contributed by atoms with Crippen molar-refractivity contribution in [3.8, 4) is 23.0 Å². The standard InChI is InChI=1S/C45H48N2O7/c1-4-32-10-11-33-7-5-6-8-36(33)37(32)22-38-34(12-14-40(50)44(38)54-3)21-35(19-30-15-17-46-26-30)41(51)23-43(52)45(28-48,25-31-16-18-47-27-31)24-29-9-13-39(49)42(20-29)53-2/h5-18,20,26-27,35,41,46,48,51H,4,19,21-25,28H2,1-3H3,(H-,49,50)/p+1/t35-,41+,45+/m0/s1. The van der Waals surface area contributed by atoms with Gasteiger partial charge in [0.25, 0.3) is 0 Å². The number of aryl methyl sites for hydroxylation is 1. The van der Waals surface area contributed by atoms with Crippen LogP contribution in [-0.4, -0.2) is 64.3 Å². The van der Waals surface area contributed by atoms with Crippen LogP contribution in [0.25, 0.3) is 10.8 Å². The fourth-order valence-electron chi connectivity index (χ4n) is 7.85. The summed E-state index contributed by atoms with van der Waals surface area (Å²) in [6.07, 6.45) is 8.51. The van der Waals surface area contributed by atoms with Gasteiger partial charge in [0.2, 0.25) is 0 Å². The first-order valence-corrected chi connectivity index (χ1v) is 18.4. The molecule has 280 valence electrons. The third kappa shape index (κ3) is 8.33. The maximum absolute atomic E-state index is 14.6. The van der Waals surface area contributed by atoms with Crippen LogP contribution in [0.15, 0.2) is 102 Å². The molecule has 5 N–H and O–H groups in total. The highest BCUT2D eigenvalue weighted by atomic mass is 16.5. The average Bonchev–Trinajstić information content (AvgIpc) is 3.91. The average molecular weight is 730 g/mol. The molecule has 1 aliphatic rings. The number of hydrogen-bond acceptors (Lipinski definition) is 8. The number of aromatic amines is 1. The highest BCUT2D eigenvalue weighted by Crippen LogP contribution is 2.40. The second-order valence-electron chi connectivity index (χ2n) is 14.3. The Morgan fingerprint density at radius 1 is 0.907 bits per heavy atom. The smallest absolute Gasteiger partial charge is 0.176 e. The van der Waals surface area contributed by atoms with Gasteiger partial charge in [0.1, 0.15) is 17.9 Å². The molecule has 5 aromatic rings. The van der Waals surface area contributed by atoms with Crippen molar-refractivity contribution in [3.63, 3.8) is 0 Å². The van der Waals surface area contributed by atoms with E-state index in [2.05, 4.69) is 41.2 Å². The first-order valence-electron chi connectivity index (χ1n) is 18.4. The minimum absolute atomic E-state index is 0.0259. The molecule has 0 radical (unpaired) electrons. The first-order chi connectivity index (χ1) is 26.2. The van der Waals surface area contributed by atoms with Crippen LogP contribution < -0.4 is 9.47 Å². The number of fused-ring (bicyclic) bond motifs is 1. The SMILES string of the molecule is CCc1ccc2ccccc2c1Cc1c(C[C@H](Cc2cc[nH]c2)[C@H](O)CC(=O)[C@@](CO)(CC2=C[CH+]N=C2)Cc2ccc(O)c(OC)c2)ccc(O)c1OC. The van der Waals surface area contributed by atoms with Crippen LogP contribution in [0.1, 0.15) is 53.1 Å². The zero-order valence-corrected chi connectivity index (χ0v) is 31.1. The van der Waals surface area contributed by atoms with E-state index in [1.54, 1.807) is 38.1 Å². The zero-order valence-electron chi connectivity index (χ0n) is 31.1. The molecule has 3 atom stereocenters. The van der Waals surface area contributed by atoms with Crippen LogP contribution in [0.4, 0.5) is 0 Å². The van der Waals surface area contributed by atoms with Crippen molar-refractivity contribution >= 4 is 22.8 Å². The summed E-state index contributed by atoms with van der Waals surface area (Å²) in [6.45, 7) is 3.32. The number of nitrogens with one attached hydrogen (secondary N) is 1. The van der Waals surface area contributed by atoms with Crippen molar-refractivity contribution in [1.29, 1.82) is 0 Å². The molecule has 2 heterocycles. The van der Waals surface area contributed by atoms with Gasteiger partial charge in [-0.15, -0.1) is 4.99 Å². The van der Waals surface area contributed by atoms with Crippen molar-refractivity contribution in [3.05, 3.63) is 137 Å². The molecule has 0 spiro atoms. The molecule has 0 saturated carbocycles. The molecule has 6 rings (SSSR count). The van der Waals surface area contributed by atoms with Gasteiger partial charge in [-0.05, 0) is 94.5 Å². The number of benzene rings is 4. The number of phenolic OH excluding ortho intramolecular Hbond substituents is 2. The number of aliphatic imine (C=N–C) groups is 1. The van der Waals surface area contributed by atoms with Gasteiger partial charge in [0, 0.05) is 37.2 Å². The van der Waals surface area contributed by atoms with Crippen LogP contribution >= 0.6 is 0 Å². The van der Waals surface area contributed by atoms with E-state index in [-0.39, 0.29) is 42.3 Å². The molecule has 0 unspecified atom stereocenters. The Hall–Kier alpha value is -5.51. The number of nitrogens with zero attached hydrogens (tertiary/aromatic N) is 1. The largest absolute Gasteiger partial charge is 0.504 e. The summed E-state index contributed by atoms with van der Waals surface area (Å²) >= 11 is 0. The molecule has 0 fully saturated rings. The van der Waals surface area contributed by atoms with Crippen molar-refractivity contribution < 1.29 is 34.7 Å². The zero-order chi connectivity index (χ0) is 38.2. The molecule has 1 aliphatic heterocycles. The third-order valence-corrected chi connectivity index (χ3v) is 10.8. The Kier molecular flexibility index (Phi) is 12.1. The number of aliphatic hydroxyl groups is 2. The molecular formula is C45H49N2O7+. The lowest BCUT2D eigenvalue weighted by Crippen LogP contribution is -2.41. The number of ether oxygens (including phenoxy) is 2. The number of hydrogen-bond donors (Lipinski definition) is 5. The highest BCUT2D eigenvalue weighted by molar-refractivity contribution is 5.90. The Morgan fingerprint density at radius 2 is 1.70 bits per heavy atom. The molecule has 0 saturated heterocycles.